The first-order valence-corrected chi connectivity index (χ1v) is 9.57. The van der Waals surface area contributed by atoms with Gasteiger partial charge in [0.1, 0.15) is 11.6 Å². The largest absolute Gasteiger partial charge is 0.497 e. The summed E-state index contributed by atoms with van der Waals surface area (Å²) in [7, 11) is 1.66. The van der Waals surface area contributed by atoms with Crippen molar-refractivity contribution < 1.29 is 4.74 Å². The van der Waals surface area contributed by atoms with Crippen molar-refractivity contribution in [1.82, 2.24) is 20.0 Å². The Morgan fingerprint density at radius 3 is 2.45 bits per heavy atom. The molecule has 0 radical (unpaired) electrons. The van der Waals surface area contributed by atoms with Gasteiger partial charge in [-0.1, -0.05) is 41.9 Å². The quantitative estimate of drug-likeness (QED) is 0.484. The first kappa shape index (κ1) is 19.0. The van der Waals surface area contributed by atoms with Gasteiger partial charge in [-0.3, -0.25) is 4.68 Å². The summed E-state index contributed by atoms with van der Waals surface area (Å²) >= 11 is 5.81. The van der Waals surface area contributed by atoms with Crippen LogP contribution in [0.15, 0.2) is 72.9 Å². The van der Waals surface area contributed by atoms with Gasteiger partial charge < -0.3 is 10.1 Å². The van der Waals surface area contributed by atoms with Crippen molar-refractivity contribution in [2.45, 2.75) is 13.1 Å². The highest BCUT2D eigenvalue weighted by atomic mass is 35.5. The molecule has 2 aromatic carbocycles. The second-order valence-electron chi connectivity index (χ2n) is 6.51. The lowest BCUT2D eigenvalue weighted by atomic mass is 10.1. The van der Waals surface area contributed by atoms with Crippen LogP contribution in [0.1, 0.15) is 11.1 Å². The Labute approximate surface area is 174 Å². The topological polar surface area (TPSA) is 64.9 Å². The lowest BCUT2D eigenvalue weighted by molar-refractivity contribution is 0.415. The highest BCUT2D eigenvalue weighted by molar-refractivity contribution is 6.29. The molecule has 0 aliphatic carbocycles. The number of hydrogen-bond donors (Lipinski definition) is 1. The molecule has 0 amide bonds. The van der Waals surface area contributed by atoms with Crippen molar-refractivity contribution in [1.29, 1.82) is 0 Å². The van der Waals surface area contributed by atoms with Crippen LogP contribution in [0.5, 0.6) is 5.75 Å². The molecular formula is C22H20ClN5O. The minimum Gasteiger partial charge on any atom is -0.497 e. The number of aromatic nitrogens is 4. The van der Waals surface area contributed by atoms with Gasteiger partial charge in [0.05, 0.1) is 19.3 Å². The van der Waals surface area contributed by atoms with Crippen LogP contribution >= 0.6 is 11.6 Å². The summed E-state index contributed by atoms with van der Waals surface area (Å²) in [6.07, 6.45) is 2.06. The lowest BCUT2D eigenvalue weighted by Gasteiger charge is -2.06. The molecule has 4 rings (SSSR count). The highest BCUT2D eigenvalue weighted by Crippen LogP contribution is 2.25. The molecule has 0 aliphatic heterocycles. The van der Waals surface area contributed by atoms with E-state index in [2.05, 4.69) is 33.8 Å². The molecule has 0 aliphatic rings. The van der Waals surface area contributed by atoms with Gasteiger partial charge in [-0.25, -0.2) is 0 Å². The first-order valence-electron chi connectivity index (χ1n) is 9.19. The van der Waals surface area contributed by atoms with Gasteiger partial charge in [0.25, 0.3) is 0 Å². The summed E-state index contributed by atoms with van der Waals surface area (Å²) in [4.78, 5) is 0. The Kier molecular flexibility index (Phi) is 5.72. The van der Waals surface area contributed by atoms with E-state index in [0.29, 0.717) is 24.1 Å². The fourth-order valence-corrected chi connectivity index (χ4v) is 3.13. The molecule has 6 nitrogen and oxygen atoms in total. The van der Waals surface area contributed by atoms with E-state index in [1.165, 1.54) is 5.56 Å². The minimum atomic E-state index is 0.366. The van der Waals surface area contributed by atoms with Crippen LogP contribution in [-0.2, 0) is 13.1 Å². The van der Waals surface area contributed by atoms with Gasteiger partial charge in [-0.2, -0.15) is 5.10 Å². The van der Waals surface area contributed by atoms with E-state index in [1.54, 1.807) is 19.2 Å². The van der Waals surface area contributed by atoms with E-state index in [9.17, 15) is 0 Å². The number of ether oxygens (including phenoxy) is 1. The van der Waals surface area contributed by atoms with Crippen molar-refractivity contribution in [2.24, 2.45) is 0 Å². The SMILES string of the molecule is COc1ccc(-c2nn(Cc3ccccc3)cc2CNc2ccc(Cl)nn2)cc1. The smallest absolute Gasteiger partial charge is 0.151 e. The minimum absolute atomic E-state index is 0.366. The molecule has 4 aromatic rings. The van der Waals surface area contributed by atoms with Crippen molar-refractivity contribution in [3.05, 3.63) is 89.2 Å². The van der Waals surface area contributed by atoms with Crippen LogP contribution in [0.2, 0.25) is 5.15 Å². The zero-order valence-electron chi connectivity index (χ0n) is 15.9. The van der Waals surface area contributed by atoms with E-state index in [4.69, 9.17) is 21.4 Å². The molecule has 0 saturated heterocycles. The summed E-state index contributed by atoms with van der Waals surface area (Å²) in [5.41, 5.74) is 4.19. The number of methoxy groups -OCH3 is 1. The third kappa shape index (κ3) is 4.73. The molecule has 0 saturated carbocycles. The van der Waals surface area contributed by atoms with Gasteiger partial charge >= 0.3 is 0 Å². The predicted molar refractivity (Wildman–Crippen MR) is 114 cm³/mol. The maximum atomic E-state index is 5.81. The Morgan fingerprint density at radius 2 is 1.76 bits per heavy atom. The zero-order valence-corrected chi connectivity index (χ0v) is 16.7. The molecule has 2 heterocycles. The van der Waals surface area contributed by atoms with E-state index in [1.807, 2.05) is 47.1 Å². The summed E-state index contributed by atoms with van der Waals surface area (Å²) in [6, 6.07) is 21.7. The Morgan fingerprint density at radius 1 is 0.966 bits per heavy atom. The van der Waals surface area contributed by atoms with Gasteiger partial charge in [0.2, 0.25) is 0 Å². The van der Waals surface area contributed by atoms with Gasteiger partial charge in [-0.05, 0) is 42.0 Å². The molecule has 0 unspecified atom stereocenters. The molecule has 0 bridgehead atoms. The summed E-state index contributed by atoms with van der Waals surface area (Å²) in [5, 5.41) is 16.4. The van der Waals surface area contributed by atoms with Crippen molar-refractivity contribution in [2.75, 3.05) is 12.4 Å². The highest BCUT2D eigenvalue weighted by Gasteiger charge is 2.12. The fourth-order valence-electron chi connectivity index (χ4n) is 3.03. The molecule has 1 N–H and O–H groups in total. The molecule has 2 aromatic heterocycles. The van der Waals surface area contributed by atoms with Crippen molar-refractivity contribution in [3.8, 4) is 17.0 Å². The zero-order chi connectivity index (χ0) is 20.1. The van der Waals surface area contributed by atoms with Gasteiger partial charge in [0.15, 0.2) is 5.15 Å². The summed E-state index contributed by atoms with van der Waals surface area (Å²) in [5.74, 6) is 1.47. The van der Waals surface area contributed by atoms with Crippen LogP contribution < -0.4 is 10.1 Å². The average molecular weight is 406 g/mol. The van der Waals surface area contributed by atoms with E-state index in [0.717, 1.165) is 22.6 Å². The number of halogens is 1. The first-order chi connectivity index (χ1) is 14.2. The normalized spacial score (nSPS) is 10.7. The Hall–Kier alpha value is -3.38. The third-order valence-corrected chi connectivity index (χ3v) is 4.68. The van der Waals surface area contributed by atoms with Crippen LogP contribution in [0, 0.1) is 0 Å². The van der Waals surface area contributed by atoms with Crippen LogP contribution in [0.25, 0.3) is 11.3 Å². The van der Waals surface area contributed by atoms with E-state index >= 15 is 0 Å². The van der Waals surface area contributed by atoms with Crippen molar-refractivity contribution >= 4 is 17.4 Å². The number of rotatable bonds is 7. The maximum Gasteiger partial charge on any atom is 0.151 e. The molecule has 0 atom stereocenters. The van der Waals surface area contributed by atoms with Crippen LogP contribution in [0.3, 0.4) is 0 Å². The summed E-state index contributed by atoms with van der Waals surface area (Å²) in [6.45, 7) is 1.26. The fraction of sp³-hybridized carbons (Fsp3) is 0.136. The number of anilines is 1. The molecule has 146 valence electrons. The summed E-state index contributed by atoms with van der Waals surface area (Å²) < 4.78 is 7.23. The van der Waals surface area contributed by atoms with E-state index in [-0.39, 0.29) is 0 Å². The number of nitrogens with one attached hydrogen (secondary N) is 1. The molecule has 0 spiro atoms. The predicted octanol–water partition coefficient (Wildman–Crippen LogP) is 4.66. The standard InChI is InChI=1S/C22H20ClN5O/c1-29-19-9-7-17(8-10-19)22-18(13-24-21-12-11-20(23)25-26-21)15-28(27-22)14-16-5-3-2-4-6-16/h2-12,15H,13-14H2,1H3,(H,24,26). The second-order valence-corrected chi connectivity index (χ2v) is 6.90. The van der Waals surface area contributed by atoms with Gasteiger partial charge in [0, 0.05) is 23.9 Å². The average Bonchev–Trinajstić information content (AvgIpc) is 3.16. The van der Waals surface area contributed by atoms with Crippen LogP contribution in [0.4, 0.5) is 5.82 Å². The lowest BCUT2D eigenvalue weighted by Crippen LogP contribution is -2.02. The monoisotopic (exact) mass is 405 g/mol. The number of nitrogens with zero attached hydrogens (tertiary/aromatic N) is 4. The van der Waals surface area contributed by atoms with E-state index < -0.39 is 0 Å². The second kappa shape index (κ2) is 8.75. The third-order valence-electron chi connectivity index (χ3n) is 4.48. The number of hydrogen-bond acceptors (Lipinski definition) is 5. The molecule has 7 heteroatoms. The maximum absolute atomic E-state index is 5.81. The Bertz CT molecular complexity index is 1060. The molecule has 0 fully saturated rings. The van der Waals surface area contributed by atoms with Crippen LogP contribution in [-0.4, -0.2) is 27.1 Å². The van der Waals surface area contributed by atoms with Gasteiger partial charge in [-0.15, -0.1) is 10.2 Å². The van der Waals surface area contributed by atoms with Crippen molar-refractivity contribution in [3.63, 3.8) is 0 Å². The Balaban J connectivity index is 1.61. The molecule has 29 heavy (non-hydrogen) atoms. The molecular weight excluding hydrogens is 386 g/mol. The number of benzene rings is 2.